The summed E-state index contributed by atoms with van der Waals surface area (Å²) in [6, 6.07) is 0. The molecule has 0 saturated carbocycles. The molecule has 8 nitrogen and oxygen atoms in total. The molecule has 0 bridgehead atoms. The molecule has 0 saturated heterocycles. The Morgan fingerprint density at radius 2 is 1.75 bits per heavy atom. The van der Waals surface area contributed by atoms with Gasteiger partial charge in [-0.2, -0.15) is 4.31 Å². The number of phosphoric acid groups is 2. The number of allylic oxidation sites excluding steroid dienone is 3. The molecule has 0 spiro atoms. The Bertz CT molecular complexity index is 349. The van der Waals surface area contributed by atoms with Crippen LogP contribution in [-0.4, -0.2) is 19.6 Å². The van der Waals surface area contributed by atoms with Gasteiger partial charge >= 0.3 is 15.6 Å². The smallest absolute Gasteiger partial charge is 0.333 e. The Morgan fingerprint density at radius 1 is 1.25 bits per heavy atom. The quantitative estimate of drug-likeness (QED) is 0.370. The van der Waals surface area contributed by atoms with Crippen LogP contribution < -0.4 is 4.72 Å². The normalized spacial score (nSPS) is 15.7. The second-order valence-corrected chi connectivity index (χ2v) is 6.12. The van der Waals surface area contributed by atoms with Crippen LogP contribution in [0.25, 0.3) is 0 Å². The molecule has 0 radical (unpaired) electrons. The van der Waals surface area contributed by atoms with Crippen LogP contribution in [0.3, 0.4) is 0 Å². The lowest BCUT2D eigenvalue weighted by atomic mass is 10.5. The van der Waals surface area contributed by atoms with Gasteiger partial charge in [-0.25, -0.2) is 9.13 Å². The van der Waals surface area contributed by atoms with Crippen LogP contribution in [0.1, 0.15) is 6.92 Å². The lowest BCUT2D eigenvalue weighted by Gasteiger charge is -2.03. The van der Waals surface area contributed by atoms with Crippen LogP contribution in [-0.2, 0) is 13.4 Å². The molecule has 0 unspecified atom stereocenters. The molecule has 0 fully saturated rings. The van der Waals surface area contributed by atoms with Crippen molar-refractivity contribution in [2.75, 3.05) is 0 Å². The van der Waals surface area contributed by atoms with Gasteiger partial charge in [0, 0.05) is 11.1 Å². The first-order valence-electron chi connectivity index (χ1n) is 3.68. The average Bonchev–Trinajstić information content (AvgIpc) is 1.99. The molecule has 0 aromatic heterocycles. The minimum absolute atomic E-state index is 1.31. The van der Waals surface area contributed by atoms with E-state index in [0.29, 0.717) is 0 Å². The highest BCUT2D eigenvalue weighted by molar-refractivity contribution is 8.01. The van der Waals surface area contributed by atoms with Gasteiger partial charge in [0.05, 0.1) is 0 Å². The molecule has 0 aromatic carbocycles. The van der Waals surface area contributed by atoms with E-state index in [1.165, 1.54) is 4.91 Å². The maximum Gasteiger partial charge on any atom is 0.478 e. The van der Waals surface area contributed by atoms with E-state index >= 15 is 0 Å². The number of hydrogen-bond acceptors (Lipinski definition) is 5. The van der Waals surface area contributed by atoms with Crippen LogP contribution in [0.5, 0.6) is 0 Å². The fraction of sp³-hybridized carbons (Fsp3) is 0.200. The zero-order chi connectivity index (χ0) is 12.8. The molecule has 94 valence electrons. The fourth-order valence-electron chi connectivity index (χ4n) is 0.522. The SMILES string of the molecule is CC1=CC=CNS1.O=P(O)(O)OP(=O)(O)O. The van der Waals surface area contributed by atoms with Crippen molar-refractivity contribution in [1.82, 2.24) is 4.72 Å². The molecule has 0 aliphatic carbocycles. The predicted molar refractivity (Wildman–Crippen MR) is 58.8 cm³/mol. The summed E-state index contributed by atoms with van der Waals surface area (Å²) in [6.45, 7) is 2.07. The van der Waals surface area contributed by atoms with Crippen LogP contribution in [0.4, 0.5) is 0 Å². The van der Waals surface area contributed by atoms with Crippen LogP contribution in [0, 0.1) is 0 Å². The molecule has 16 heavy (non-hydrogen) atoms. The third-order valence-corrected chi connectivity index (χ3v) is 3.34. The van der Waals surface area contributed by atoms with Crippen molar-refractivity contribution >= 4 is 27.6 Å². The molecule has 0 amide bonds. The molecule has 1 heterocycles. The first-order chi connectivity index (χ1) is 7.10. The number of hydrogen-bond donors (Lipinski definition) is 5. The van der Waals surface area contributed by atoms with Crippen molar-refractivity contribution in [3.8, 4) is 0 Å². The summed E-state index contributed by atoms with van der Waals surface area (Å²) >= 11 is 1.64. The Labute approximate surface area is 96.0 Å². The van der Waals surface area contributed by atoms with Gasteiger partial charge in [-0.05, 0) is 31.0 Å². The van der Waals surface area contributed by atoms with Gasteiger partial charge in [0.15, 0.2) is 0 Å². The number of nitrogens with one attached hydrogen (secondary N) is 1. The average molecular weight is 291 g/mol. The molecule has 1 aliphatic rings. The van der Waals surface area contributed by atoms with Crippen molar-refractivity contribution in [1.29, 1.82) is 0 Å². The summed E-state index contributed by atoms with van der Waals surface area (Å²) in [7, 11) is -10.1. The third-order valence-electron chi connectivity index (χ3n) is 0.928. The first-order valence-corrected chi connectivity index (χ1v) is 7.56. The molecule has 1 aliphatic heterocycles. The van der Waals surface area contributed by atoms with Gasteiger partial charge in [-0.15, -0.1) is 0 Å². The van der Waals surface area contributed by atoms with E-state index in [1.54, 1.807) is 11.9 Å². The minimum atomic E-state index is -5.05. The summed E-state index contributed by atoms with van der Waals surface area (Å²) in [5.74, 6) is 0. The van der Waals surface area contributed by atoms with E-state index in [0.717, 1.165) is 0 Å². The van der Waals surface area contributed by atoms with Gasteiger partial charge in [-0.3, -0.25) is 0 Å². The standard InChI is InChI=1S/C5H7NS.H4O7P2/c1-5-3-2-4-6-7-5;1-8(2,3)7-9(4,5)6/h2-4,6H,1H3;(H2,1,2,3)(H2,4,5,6). The highest BCUT2D eigenvalue weighted by Gasteiger charge is 2.27. The molecule has 0 atom stereocenters. The van der Waals surface area contributed by atoms with Crippen molar-refractivity contribution in [2.45, 2.75) is 6.92 Å². The topological polar surface area (TPSA) is 136 Å². The van der Waals surface area contributed by atoms with E-state index in [9.17, 15) is 9.13 Å². The van der Waals surface area contributed by atoms with Crippen LogP contribution in [0.2, 0.25) is 0 Å². The second kappa shape index (κ2) is 6.58. The third kappa shape index (κ3) is 12.0. The minimum Gasteiger partial charge on any atom is -0.333 e. The monoisotopic (exact) mass is 291 g/mol. The van der Waals surface area contributed by atoms with Gasteiger partial charge in [0.2, 0.25) is 0 Å². The second-order valence-electron chi connectivity index (χ2n) is 2.42. The van der Waals surface area contributed by atoms with E-state index in [1.807, 2.05) is 12.3 Å². The van der Waals surface area contributed by atoms with Crippen LogP contribution in [0.15, 0.2) is 23.3 Å². The van der Waals surface area contributed by atoms with E-state index in [-0.39, 0.29) is 0 Å². The summed E-state index contributed by atoms with van der Waals surface area (Å²) in [6.07, 6.45) is 5.98. The maximum absolute atomic E-state index is 9.63. The molecular formula is C5H11NO7P2S. The maximum atomic E-state index is 9.63. The van der Waals surface area contributed by atoms with Gasteiger partial charge in [-0.1, -0.05) is 0 Å². The van der Waals surface area contributed by atoms with E-state index in [4.69, 9.17) is 19.6 Å². The first kappa shape index (κ1) is 15.9. The van der Waals surface area contributed by atoms with Gasteiger partial charge < -0.3 is 24.3 Å². The van der Waals surface area contributed by atoms with Crippen LogP contribution >= 0.6 is 27.6 Å². The lowest BCUT2D eigenvalue weighted by molar-refractivity contribution is 0.225. The zero-order valence-electron chi connectivity index (χ0n) is 8.05. The highest BCUT2D eigenvalue weighted by atomic mass is 32.2. The van der Waals surface area contributed by atoms with E-state index in [2.05, 4.69) is 22.0 Å². The predicted octanol–water partition coefficient (Wildman–Crippen LogP) is 0.844. The Balaban J connectivity index is 0.000000288. The summed E-state index contributed by atoms with van der Waals surface area (Å²) < 4.78 is 25.2. The Hall–Kier alpha value is -0.110. The van der Waals surface area contributed by atoms with Crippen molar-refractivity contribution < 1.29 is 33.0 Å². The van der Waals surface area contributed by atoms with Crippen molar-refractivity contribution in [2.24, 2.45) is 0 Å². The summed E-state index contributed by atoms with van der Waals surface area (Å²) in [5, 5.41) is 0. The zero-order valence-corrected chi connectivity index (χ0v) is 10.7. The van der Waals surface area contributed by atoms with Crippen molar-refractivity contribution in [3.63, 3.8) is 0 Å². The Morgan fingerprint density at radius 3 is 1.88 bits per heavy atom. The molecule has 5 N–H and O–H groups in total. The lowest BCUT2D eigenvalue weighted by Crippen LogP contribution is -1.92. The summed E-state index contributed by atoms with van der Waals surface area (Å²) in [5.41, 5.74) is 0. The molecule has 11 heteroatoms. The highest BCUT2D eigenvalue weighted by Crippen LogP contribution is 2.53. The van der Waals surface area contributed by atoms with Gasteiger partial charge in [0.1, 0.15) is 0 Å². The fourth-order valence-corrected chi connectivity index (χ4v) is 2.11. The van der Waals surface area contributed by atoms with Crippen molar-refractivity contribution in [3.05, 3.63) is 23.3 Å². The van der Waals surface area contributed by atoms with Gasteiger partial charge in [0.25, 0.3) is 0 Å². The summed E-state index contributed by atoms with van der Waals surface area (Å²) in [4.78, 5) is 32.3. The molecule has 0 aromatic rings. The molecular weight excluding hydrogens is 280 g/mol. The number of rotatable bonds is 2. The van der Waals surface area contributed by atoms with E-state index < -0.39 is 15.6 Å². The Kier molecular flexibility index (Phi) is 6.54. The largest absolute Gasteiger partial charge is 0.478 e. The molecule has 1 rings (SSSR count).